The van der Waals surface area contributed by atoms with Gasteiger partial charge in [-0.25, -0.2) is 0 Å². The fourth-order valence-electron chi connectivity index (χ4n) is 3.99. The molecule has 1 aliphatic heterocycles. The minimum Gasteiger partial charge on any atom is -0.486 e. The molecule has 3 nitrogen and oxygen atoms in total. The molecule has 0 amide bonds. The lowest BCUT2D eigenvalue weighted by Gasteiger charge is -2.36. The number of aryl methyl sites for hydroxylation is 1. The van der Waals surface area contributed by atoms with Gasteiger partial charge in [-0.1, -0.05) is 32.1 Å². The smallest absolute Gasteiger partial charge is 0.170 e. The molecule has 1 aliphatic carbocycles. The lowest BCUT2D eigenvalue weighted by atomic mass is 9.85. The second kappa shape index (κ2) is 6.80. The molecule has 3 heteroatoms. The number of ether oxygens (including phenoxy) is 1. The Kier molecular flexibility index (Phi) is 4.47. The monoisotopic (exact) mass is 359 g/mol. The van der Waals surface area contributed by atoms with Crippen molar-refractivity contribution in [2.75, 3.05) is 0 Å². The molecular weight excluding hydrogens is 334 g/mol. The maximum absolute atomic E-state index is 12.8. The Labute approximate surface area is 160 Å². The molecule has 0 radical (unpaired) electrons. The van der Waals surface area contributed by atoms with Gasteiger partial charge in [0.05, 0.1) is 12.0 Å². The van der Waals surface area contributed by atoms with E-state index in [2.05, 4.69) is 43.1 Å². The van der Waals surface area contributed by atoms with Gasteiger partial charge >= 0.3 is 0 Å². The van der Waals surface area contributed by atoms with Crippen LogP contribution < -0.4 is 4.74 Å². The first-order valence-corrected chi connectivity index (χ1v) is 9.74. The van der Waals surface area contributed by atoms with E-state index in [-0.39, 0.29) is 11.4 Å². The third-order valence-corrected chi connectivity index (χ3v) is 5.85. The first kappa shape index (κ1) is 17.7. The van der Waals surface area contributed by atoms with Crippen molar-refractivity contribution in [1.82, 2.24) is 4.98 Å². The van der Waals surface area contributed by atoms with E-state index < -0.39 is 0 Å². The number of pyridine rings is 1. The highest BCUT2D eigenvalue weighted by Crippen LogP contribution is 2.40. The van der Waals surface area contributed by atoms with Gasteiger partial charge in [0.2, 0.25) is 0 Å². The lowest BCUT2D eigenvalue weighted by molar-refractivity contribution is 0.0350. The number of ketones is 1. The number of rotatable bonds is 4. The third-order valence-electron chi connectivity index (χ3n) is 5.85. The summed E-state index contributed by atoms with van der Waals surface area (Å²) in [6.45, 7) is 6.19. The number of carbonyl (C=O) groups is 1. The van der Waals surface area contributed by atoms with Gasteiger partial charge in [-0.3, -0.25) is 9.78 Å². The van der Waals surface area contributed by atoms with E-state index >= 15 is 0 Å². The Morgan fingerprint density at radius 2 is 1.93 bits per heavy atom. The van der Waals surface area contributed by atoms with Crippen LogP contribution in [0.1, 0.15) is 66.7 Å². The van der Waals surface area contributed by atoms with E-state index in [0.717, 1.165) is 41.8 Å². The number of hydrogen-bond donors (Lipinski definition) is 0. The highest BCUT2D eigenvalue weighted by molar-refractivity contribution is 6.01. The van der Waals surface area contributed by atoms with Crippen molar-refractivity contribution in [1.29, 1.82) is 0 Å². The maximum atomic E-state index is 12.8. The van der Waals surface area contributed by atoms with E-state index in [1.807, 2.05) is 31.3 Å². The van der Waals surface area contributed by atoms with Crippen LogP contribution in [-0.2, 0) is 0 Å². The Morgan fingerprint density at radius 1 is 1.11 bits per heavy atom. The van der Waals surface area contributed by atoms with Gasteiger partial charge in [0.1, 0.15) is 11.4 Å². The molecule has 0 saturated heterocycles. The van der Waals surface area contributed by atoms with Crippen LogP contribution >= 0.6 is 0 Å². The highest BCUT2D eigenvalue weighted by atomic mass is 16.5. The van der Waals surface area contributed by atoms with Gasteiger partial charge in [-0.05, 0) is 72.7 Å². The van der Waals surface area contributed by atoms with Crippen molar-refractivity contribution < 1.29 is 9.53 Å². The van der Waals surface area contributed by atoms with Crippen molar-refractivity contribution >= 4 is 16.9 Å². The molecule has 2 aliphatic rings. The van der Waals surface area contributed by atoms with Crippen LogP contribution in [0.5, 0.6) is 5.75 Å². The summed E-state index contributed by atoms with van der Waals surface area (Å²) in [6, 6.07) is 10.2. The fourth-order valence-corrected chi connectivity index (χ4v) is 3.99. The summed E-state index contributed by atoms with van der Waals surface area (Å²) in [7, 11) is 0. The van der Waals surface area contributed by atoms with Gasteiger partial charge in [-0.2, -0.15) is 0 Å². The summed E-state index contributed by atoms with van der Waals surface area (Å²) in [4.78, 5) is 17.1. The minimum absolute atomic E-state index is 0.193. The van der Waals surface area contributed by atoms with Crippen LogP contribution in [0.25, 0.3) is 11.1 Å². The van der Waals surface area contributed by atoms with Gasteiger partial charge in [0.15, 0.2) is 5.78 Å². The molecule has 27 heavy (non-hydrogen) atoms. The van der Waals surface area contributed by atoms with Gasteiger partial charge in [0.25, 0.3) is 0 Å². The van der Waals surface area contributed by atoms with E-state index in [9.17, 15) is 4.79 Å². The Hall–Kier alpha value is -2.68. The number of hydrogen-bond acceptors (Lipinski definition) is 3. The number of nitrogens with zero attached hydrogens (tertiary/aromatic N) is 1. The molecule has 0 saturated carbocycles. The van der Waals surface area contributed by atoms with Crippen LogP contribution in [0, 0.1) is 6.92 Å². The Morgan fingerprint density at radius 3 is 2.67 bits per heavy atom. The zero-order valence-electron chi connectivity index (χ0n) is 16.2. The summed E-state index contributed by atoms with van der Waals surface area (Å²) in [5.74, 6) is 0.925. The van der Waals surface area contributed by atoms with Crippen LogP contribution in [0.4, 0.5) is 0 Å². The summed E-state index contributed by atoms with van der Waals surface area (Å²) >= 11 is 0. The third kappa shape index (κ3) is 3.23. The topological polar surface area (TPSA) is 39.2 Å². The van der Waals surface area contributed by atoms with E-state index in [0.29, 0.717) is 6.42 Å². The molecule has 2 aromatic rings. The molecule has 1 aromatic carbocycles. The molecule has 0 bridgehead atoms. The molecule has 2 heterocycles. The fraction of sp³-hybridized carbons (Fsp3) is 0.333. The van der Waals surface area contributed by atoms with Crippen LogP contribution in [0.15, 0.2) is 48.7 Å². The predicted octanol–water partition coefficient (Wildman–Crippen LogP) is 5.78. The lowest BCUT2D eigenvalue weighted by Crippen LogP contribution is -2.40. The van der Waals surface area contributed by atoms with E-state index in [1.165, 1.54) is 16.7 Å². The van der Waals surface area contributed by atoms with E-state index in [4.69, 9.17) is 4.74 Å². The van der Waals surface area contributed by atoms with E-state index in [1.54, 1.807) is 0 Å². The SMILES string of the molecule is CCC1(CC)CC(=O)c2cc(C3=CC(c4ccnc(C)c4)=CC3)ccc2O1. The predicted molar refractivity (Wildman–Crippen MR) is 109 cm³/mol. The quantitative estimate of drug-likeness (QED) is 0.694. The zero-order valence-corrected chi connectivity index (χ0v) is 16.2. The van der Waals surface area contributed by atoms with Crippen molar-refractivity contribution in [3.05, 3.63) is 71.1 Å². The molecule has 4 rings (SSSR count). The highest BCUT2D eigenvalue weighted by Gasteiger charge is 2.37. The minimum atomic E-state index is -0.341. The van der Waals surface area contributed by atoms with Gasteiger partial charge < -0.3 is 4.74 Å². The van der Waals surface area contributed by atoms with Crippen LogP contribution in [0.3, 0.4) is 0 Å². The summed E-state index contributed by atoms with van der Waals surface area (Å²) in [5.41, 5.74) is 6.13. The molecule has 0 fully saturated rings. The molecule has 0 atom stereocenters. The molecule has 0 spiro atoms. The molecule has 0 unspecified atom stereocenters. The maximum Gasteiger partial charge on any atom is 0.170 e. The summed E-state index contributed by atoms with van der Waals surface area (Å²) in [5, 5.41) is 0. The number of fused-ring (bicyclic) bond motifs is 1. The number of benzene rings is 1. The largest absolute Gasteiger partial charge is 0.486 e. The molecule has 1 aromatic heterocycles. The second-order valence-electron chi connectivity index (χ2n) is 7.52. The zero-order chi connectivity index (χ0) is 19.0. The van der Waals surface area contributed by atoms with Crippen molar-refractivity contribution in [3.8, 4) is 5.75 Å². The molecule has 0 N–H and O–H groups in total. The molecule has 138 valence electrons. The average Bonchev–Trinajstić information content (AvgIpc) is 3.18. The summed E-state index contributed by atoms with van der Waals surface area (Å²) < 4.78 is 6.25. The first-order chi connectivity index (χ1) is 13.0. The Bertz CT molecular complexity index is 964. The summed E-state index contributed by atoms with van der Waals surface area (Å²) in [6.07, 6.45) is 9.34. The normalized spacial score (nSPS) is 17.8. The second-order valence-corrected chi connectivity index (χ2v) is 7.52. The standard InChI is InChI=1S/C24H25NO2/c1-4-24(5-2)15-22(26)21-14-19(8-9-23(21)27-24)17-6-7-18(13-17)20-10-11-25-16(3)12-20/h7-14H,4-6,15H2,1-3H3. The number of carbonyl (C=O) groups excluding carboxylic acids is 1. The van der Waals surface area contributed by atoms with Gasteiger partial charge in [0, 0.05) is 11.9 Å². The van der Waals surface area contributed by atoms with Crippen molar-refractivity contribution in [3.63, 3.8) is 0 Å². The van der Waals surface area contributed by atoms with Crippen molar-refractivity contribution in [2.45, 2.75) is 52.1 Å². The van der Waals surface area contributed by atoms with Gasteiger partial charge in [-0.15, -0.1) is 0 Å². The average molecular weight is 359 g/mol. The van der Waals surface area contributed by atoms with Crippen molar-refractivity contribution in [2.24, 2.45) is 0 Å². The molecular formula is C24H25NO2. The Balaban J connectivity index is 1.63. The number of Topliss-reactive ketones (excluding diaryl/α,β-unsaturated/α-hetero) is 1. The van der Waals surface area contributed by atoms with Crippen LogP contribution in [0.2, 0.25) is 0 Å². The first-order valence-electron chi connectivity index (χ1n) is 9.74. The number of allylic oxidation sites excluding steroid dienone is 4. The van der Waals surface area contributed by atoms with Crippen LogP contribution in [-0.4, -0.2) is 16.4 Å². The number of aromatic nitrogens is 1.